The molecule has 0 spiro atoms. The van der Waals surface area contributed by atoms with E-state index < -0.39 is 0 Å². The molecule has 3 heterocycles. The van der Waals surface area contributed by atoms with Gasteiger partial charge in [-0.05, 0) is 36.4 Å². The second-order valence-electron chi connectivity index (χ2n) is 6.39. The maximum absolute atomic E-state index is 2.36. The van der Waals surface area contributed by atoms with Gasteiger partial charge in [0.15, 0.2) is 0 Å². The van der Waals surface area contributed by atoms with Gasteiger partial charge in [-0.1, -0.05) is 49.7 Å². The molecule has 3 aromatic heterocycles. The Hall–Kier alpha value is -0.986. The second-order valence-corrected chi connectivity index (χ2v) is 14.7. The van der Waals surface area contributed by atoms with Crippen LogP contribution in [0.2, 0.25) is 26.2 Å². The molecule has 0 amide bonds. The molecule has 2 radical (unpaired) electrons. The van der Waals surface area contributed by atoms with Gasteiger partial charge in [0.25, 0.3) is 0 Å². The van der Waals surface area contributed by atoms with Crippen LogP contribution in [0.4, 0.5) is 0 Å². The van der Waals surface area contributed by atoms with Crippen LogP contribution in [0.15, 0.2) is 47.8 Å². The van der Waals surface area contributed by atoms with Crippen molar-refractivity contribution >= 4 is 63.8 Å². The van der Waals surface area contributed by atoms with E-state index in [0.29, 0.717) is 0 Å². The average Bonchev–Trinajstić information content (AvgIpc) is 3.29. The van der Waals surface area contributed by atoms with Crippen LogP contribution < -0.4 is 0 Å². The van der Waals surface area contributed by atoms with E-state index in [2.05, 4.69) is 86.1 Å². The van der Waals surface area contributed by atoms with Gasteiger partial charge in [-0.15, -0.1) is 34.0 Å². The summed E-state index contributed by atoms with van der Waals surface area (Å²) in [6.45, 7) is 9.26. The van der Waals surface area contributed by atoms with Gasteiger partial charge in [0.1, 0.15) is 0 Å². The molecule has 0 atom stereocenters. The number of hydrogen-bond donors (Lipinski definition) is 0. The monoisotopic (exact) mass is 414 g/mol. The second kappa shape index (κ2) is 8.60. The van der Waals surface area contributed by atoms with Crippen molar-refractivity contribution in [3.63, 3.8) is 0 Å². The normalized spacial score (nSPS) is 12.4. The fourth-order valence-electron chi connectivity index (χ4n) is 2.25. The summed E-state index contributed by atoms with van der Waals surface area (Å²) in [7, 11) is -0.600. The highest BCUT2D eigenvalue weighted by Crippen LogP contribution is 2.40. The first kappa shape index (κ1) is 18.8. The quantitative estimate of drug-likeness (QED) is 0.361. The molecule has 0 aliphatic rings. The Kier molecular flexibility index (Phi) is 6.46. The van der Waals surface area contributed by atoms with E-state index in [1.807, 2.05) is 34.0 Å². The molecule has 0 bridgehead atoms. The number of thiophene rings is 3. The average molecular weight is 415 g/mol. The van der Waals surface area contributed by atoms with Gasteiger partial charge in [0, 0.05) is 29.3 Å². The van der Waals surface area contributed by atoms with Gasteiger partial charge < -0.3 is 0 Å². The molecule has 0 N–H and O–H groups in total. The zero-order valence-electron chi connectivity index (χ0n) is 15.0. The molecule has 0 saturated heterocycles. The van der Waals surface area contributed by atoms with Gasteiger partial charge >= 0.3 is 0 Å². The van der Waals surface area contributed by atoms with Gasteiger partial charge in [0.2, 0.25) is 0 Å². The molecule has 0 saturated carbocycles. The Bertz CT molecular complexity index is 808. The van der Waals surface area contributed by atoms with Crippen LogP contribution in [0.3, 0.4) is 0 Å². The Morgan fingerprint density at radius 3 is 1.32 bits per heavy atom. The molecule has 0 nitrogen and oxygen atoms in total. The van der Waals surface area contributed by atoms with E-state index >= 15 is 0 Å². The van der Waals surface area contributed by atoms with E-state index in [4.69, 9.17) is 0 Å². The van der Waals surface area contributed by atoms with E-state index in [1.165, 1.54) is 29.3 Å². The third-order valence-corrected chi connectivity index (χ3v) is 8.75. The summed E-state index contributed by atoms with van der Waals surface area (Å²) in [5.74, 6) is 0. The summed E-state index contributed by atoms with van der Waals surface area (Å²) in [5.41, 5.74) is 4.72. The van der Waals surface area contributed by atoms with E-state index in [-0.39, 0.29) is 17.6 Å². The smallest absolute Gasteiger partial charge is 0.0693 e. The fourth-order valence-corrected chi connectivity index (χ4v) is 6.53. The zero-order chi connectivity index (χ0) is 17.8. The highest BCUT2D eigenvalue weighted by Gasteiger charge is 2.09. The minimum absolute atomic E-state index is 0.300. The topological polar surface area (TPSA) is 0 Å². The summed E-state index contributed by atoms with van der Waals surface area (Å²) >= 11 is 5.68. The Balaban J connectivity index is 1.77. The molecule has 3 rings (SSSR count). The molecule has 0 fully saturated rings. The van der Waals surface area contributed by atoms with Crippen molar-refractivity contribution in [2.45, 2.75) is 26.2 Å². The summed E-state index contributed by atoms with van der Waals surface area (Å²) in [6.07, 6.45) is 4.57. The van der Waals surface area contributed by atoms with Crippen molar-refractivity contribution < 1.29 is 0 Å². The van der Waals surface area contributed by atoms with Crippen molar-refractivity contribution in [2.75, 3.05) is 0 Å². The molecule has 25 heavy (non-hydrogen) atoms. The minimum Gasteiger partial charge on any atom is -0.135 e. The Labute approximate surface area is 166 Å². The zero-order valence-corrected chi connectivity index (χ0v) is 19.4. The summed E-state index contributed by atoms with van der Waals surface area (Å²) < 4.78 is 0. The standard InChI is InChI=1S/C20H22S3Si2/c1-24(2)13-11-15-5-7-17(21-15)19-9-10-20(23-19)18-8-6-16(22-18)12-14-25(3)4/h5-14H,1-4H3/b13-11+,14-12+. The first-order valence-corrected chi connectivity index (χ1v) is 15.9. The predicted octanol–water partition coefficient (Wildman–Crippen LogP) is 7.82. The minimum atomic E-state index is -0.300. The van der Waals surface area contributed by atoms with Crippen molar-refractivity contribution in [3.05, 3.63) is 57.6 Å². The maximum Gasteiger partial charge on any atom is 0.0693 e. The van der Waals surface area contributed by atoms with E-state index in [0.717, 1.165) is 0 Å². The van der Waals surface area contributed by atoms with Crippen LogP contribution in [-0.2, 0) is 0 Å². The molecule has 0 aromatic carbocycles. The summed E-state index contributed by atoms with van der Waals surface area (Å²) in [5, 5.41) is 0. The van der Waals surface area contributed by atoms with Gasteiger partial charge in [0.05, 0.1) is 17.6 Å². The lowest BCUT2D eigenvalue weighted by molar-refractivity contribution is 1.89. The molecule has 5 heteroatoms. The van der Waals surface area contributed by atoms with Gasteiger partial charge in [-0.3, -0.25) is 0 Å². The van der Waals surface area contributed by atoms with Crippen LogP contribution in [0.25, 0.3) is 31.7 Å². The molecule has 0 unspecified atom stereocenters. The van der Waals surface area contributed by atoms with E-state index in [1.54, 1.807) is 0 Å². The Morgan fingerprint density at radius 1 is 0.560 bits per heavy atom. The highest BCUT2D eigenvalue weighted by molar-refractivity contribution is 7.26. The summed E-state index contributed by atoms with van der Waals surface area (Å²) in [6, 6.07) is 13.5. The third-order valence-electron chi connectivity index (χ3n) is 3.51. The summed E-state index contributed by atoms with van der Waals surface area (Å²) in [4.78, 5) is 8.20. The van der Waals surface area contributed by atoms with Crippen molar-refractivity contribution in [1.82, 2.24) is 0 Å². The fraction of sp³-hybridized carbons (Fsp3) is 0.200. The molecular formula is C20H22S3Si2. The lowest BCUT2D eigenvalue weighted by atomic mass is 10.3. The number of rotatable bonds is 6. The lowest BCUT2D eigenvalue weighted by Crippen LogP contribution is -1.91. The van der Waals surface area contributed by atoms with Crippen LogP contribution in [-0.4, -0.2) is 17.6 Å². The van der Waals surface area contributed by atoms with E-state index in [9.17, 15) is 0 Å². The molecule has 3 aromatic rings. The van der Waals surface area contributed by atoms with Crippen molar-refractivity contribution in [1.29, 1.82) is 0 Å². The predicted molar refractivity (Wildman–Crippen MR) is 124 cm³/mol. The van der Waals surface area contributed by atoms with Crippen LogP contribution in [0.1, 0.15) is 9.75 Å². The lowest BCUT2D eigenvalue weighted by Gasteiger charge is -1.92. The molecule has 0 aliphatic heterocycles. The largest absolute Gasteiger partial charge is 0.135 e. The van der Waals surface area contributed by atoms with Crippen molar-refractivity contribution in [3.8, 4) is 19.5 Å². The van der Waals surface area contributed by atoms with Crippen LogP contribution in [0.5, 0.6) is 0 Å². The van der Waals surface area contributed by atoms with Crippen molar-refractivity contribution in [2.24, 2.45) is 0 Å². The first-order valence-electron chi connectivity index (χ1n) is 8.28. The molecule has 0 aliphatic carbocycles. The van der Waals surface area contributed by atoms with Gasteiger partial charge in [-0.2, -0.15) is 0 Å². The third kappa shape index (κ3) is 5.25. The molecular weight excluding hydrogens is 393 g/mol. The SMILES string of the molecule is C[Si](C)/C=C/c1ccc(-c2ccc(-c3ccc(/C=C/[Si](C)C)s3)s2)s1. The van der Waals surface area contributed by atoms with Crippen LogP contribution >= 0.6 is 34.0 Å². The highest BCUT2D eigenvalue weighted by atomic mass is 32.1. The van der Waals surface area contributed by atoms with Crippen LogP contribution in [0, 0.1) is 0 Å². The Morgan fingerprint density at radius 2 is 0.920 bits per heavy atom. The maximum atomic E-state index is 2.36. The van der Waals surface area contributed by atoms with Gasteiger partial charge in [-0.25, -0.2) is 0 Å². The number of hydrogen-bond acceptors (Lipinski definition) is 3. The first-order chi connectivity index (χ1) is 12.0. The molecule has 128 valence electrons.